The summed E-state index contributed by atoms with van der Waals surface area (Å²) < 4.78 is -1.36. The Hall–Kier alpha value is 0.940. The first-order valence-electron chi connectivity index (χ1n) is 1.70. The molecule has 1 unspecified atom stereocenters. The molecule has 1 atom stereocenters. The number of halogens is 4. The maximum atomic E-state index is 9.88. The highest BCUT2D eigenvalue weighted by atomic mass is 79.9. The van der Waals surface area contributed by atoms with E-state index in [1.165, 1.54) is 0 Å². The molecule has 0 aliphatic heterocycles. The molecule has 0 aliphatic rings. The molecule has 0 bridgehead atoms. The fraction of sp³-hybridized carbons (Fsp3) is 1.00. The molecule has 0 rings (SSSR count). The van der Waals surface area contributed by atoms with Crippen LogP contribution in [-0.2, 0) is 0 Å². The lowest BCUT2D eigenvalue weighted by molar-refractivity contribution is -0.495. The minimum absolute atomic E-state index is 0.710. The van der Waals surface area contributed by atoms with E-state index in [9.17, 15) is 10.1 Å². The molecule has 0 radical (unpaired) electrons. The molecule has 0 N–H and O–H groups in total. The third kappa shape index (κ3) is 3.60. The van der Waals surface area contributed by atoms with Gasteiger partial charge in [0.2, 0.25) is 2.69 Å². The molecule has 0 saturated heterocycles. The fourth-order valence-electron chi connectivity index (χ4n) is 0.120. The first kappa shape index (κ1) is 9.94. The van der Waals surface area contributed by atoms with Crippen LogP contribution in [0.4, 0.5) is 0 Å². The summed E-state index contributed by atoms with van der Waals surface area (Å²) in [4.78, 5) is 9.16. The summed E-state index contributed by atoms with van der Waals surface area (Å²) >= 11 is 16.0. The second-order valence-electron chi connectivity index (χ2n) is 1.16. The van der Waals surface area contributed by atoms with Gasteiger partial charge in [0.15, 0.2) is 0 Å². The lowest BCUT2D eigenvalue weighted by Gasteiger charge is -2.09. The van der Waals surface area contributed by atoms with Gasteiger partial charge < -0.3 is 0 Å². The van der Waals surface area contributed by atoms with Crippen molar-refractivity contribution < 1.29 is 4.92 Å². The average molecular weight is 302 g/mol. The summed E-state index contributed by atoms with van der Waals surface area (Å²) in [5, 5.41) is 9.88. The molecular weight excluding hydrogens is 301 g/mol. The van der Waals surface area contributed by atoms with Crippen molar-refractivity contribution in [1.82, 2.24) is 0 Å². The normalized spacial score (nSPS) is 15.1. The largest absolute Gasteiger partial charge is 0.324 e. The first-order chi connectivity index (χ1) is 3.85. The lowest BCUT2D eigenvalue weighted by Crippen LogP contribution is -2.26. The van der Waals surface area contributed by atoms with Crippen LogP contribution in [0, 0.1) is 10.1 Å². The first-order valence-corrected chi connectivity index (χ1v) is 4.10. The van der Waals surface area contributed by atoms with E-state index in [0.717, 1.165) is 0 Å². The van der Waals surface area contributed by atoms with Crippen LogP contribution in [0.3, 0.4) is 0 Å². The Morgan fingerprint density at radius 1 is 1.67 bits per heavy atom. The zero-order chi connectivity index (χ0) is 7.65. The van der Waals surface area contributed by atoms with Gasteiger partial charge in [0.1, 0.15) is 0 Å². The van der Waals surface area contributed by atoms with Crippen molar-refractivity contribution >= 4 is 55.1 Å². The van der Waals surface area contributed by atoms with Gasteiger partial charge >= 0.3 is 5.50 Å². The van der Waals surface area contributed by atoms with Crippen molar-refractivity contribution in [3.05, 3.63) is 10.1 Å². The van der Waals surface area contributed by atoms with Gasteiger partial charge in [-0.05, 0) is 43.5 Å². The summed E-state index contributed by atoms with van der Waals surface area (Å²) in [6, 6.07) is 0. The standard InChI is InChI=1S/C2HBr2Cl2NO2/c3-2(4,6)1(5)7(8)9/h1H. The minimum Gasteiger partial charge on any atom is -0.263 e. The maximum Gasteiger partial charge on any atom is 0.324 e. The topological polar surface area (TPSA) is 43.1 Å². The van der Waals surface area contributed by atoms with Crippen LogP contribution in [0.2, 0.25) is 0 Å². The smallest absolute Gasteiger partial charge is 0.263 e. The Bertz CT molecular complexity index is 124. The molecule has 0 heterocycles. The molecule has 0 aromatic carbocycles. The Balaban J connectivity index is 4.04. The fourth-order valence-corrected chi connectivity index (χ4v) is 0.534. The van der Waals surface area contributed by atoms with Crippen LogP contribution in [0.1, 0.15) is 0 Å². The van der Waals surface area contributed by atoms with E-state index in [0.29, 0.717) is 0 Å². The maximum absolute atomic E-state index is 9.88. The highest BCUT2D eigenvalue weighted by Crippen LogP contribution is 2.37. The van der Waals surface area contributed by atoms with E-state index in [2.05, 4.69) is 31.9 Å². The molecule has 9 heavy (non-hydrogen) atoms. The predicted molar refractivity (Wildman–Crippen MR) is 43.1 cm³/mol. The highest BCUT2D eigenvalue weighted by Gasteiger charge is 2.39. The van der Waals surface area contributed by atoms with Crippen LogP contribution < -0.4 is 0 Å². The monoisotopic (exact) mass is 299 g/mol. The van der Waals surface area contributed by atoms with Crippen molar-refractivity contribution in [3.63, 3.8) is 0 Å². The van der Waals surface area contributed by atoms with E-state index < -0.39 is 13.1 Å². The lowest BCUT2D eigenvalue weighted by atomic mass is 10.8. The van der Waals surface area contributed by atoms with Gasteiger partial charge in [-0.1, -0.05) is 11.6 Å². The van der Waals surface area contributed by atoms with Gasteiger partial charge in [-0.3, -0.25) is 10.1 Å². The third-order valence-corrected chi connectivity index (χ3v) is 2.65. The van der Waals surface area contributed by atoms with E-state index in [-0.39, 0.29) is 0 Å². The summed E-state index contributed by atoms with van der Waals surface area (Å²) in [6.45, 7) is 0. The van der Waals surface area contributed by atoms with Gasteiger partial charge in [0.25, 0.3) is 0 Å². The quantitative estimate of drug-likeness (QED) is 0.340. The van der Waals surface area contributed by atoms with E-state index in [1.807, 2.05) is 0 Å². The number of nitro groups is 1. The van der Waals surface area contributed by atoms with Gasteiger partial charge in [-0.15, -0.1) is 0 Å². The second kappa shape index (κ2) is 3.37. The zero-order valence-corrected chi connectivity index (χ0v) is 8.54. The van der Waals surface area contributed by atoms with Crippen molar-refractivity contribution in [2.75, 3.05) is 0 Å². The number of hydrogen-bond acceptors (Lipinski definition) is 2. The van der Waals surface area contributed by atoms with Crippen molar-refractivity contribution in [3.8, 4) is 0 Å². The molecule has 0 aliphatic carbocycles. The molecule has 0 amide bonds. The predicted octanol–water partition coefficient (Wildman–Crippen LogP) is 2.51. The van der Waals surface area contributed by atoms with E-state index in [4.69, 9.17) is 23.2 Å². The summed E-state index contributed by atoms with van der Waals surface area (Å²) in [5.74, 6) is 0. The summed E-state index contributed by atoms with van der Waals surface area (Å²) in [5.41, 5.74) is -1.39. The second-order valence-corrected chi connectivity index (χ2v) is 6.65. The minimum atomic E-state index is -1.39. The number of nitrogens with zero attached hydrogens (tertiary/aromatic N) is 1. The van der Waals surface area contributed by atoms with Crippen molar-refractivity contribution in [2.45, 2.75) is 8.19 Å². The Labute approximate surface area is 78.1 Å². The average Bonchev–Trinajstić information content (AvgIpc) is 1.62. The molecule has 0 fully saturated rings. The van der Waals surface area contributed by atoms with Gasteiger partial charge in [-0.25, -0.2) is 0 Å². The highest BCUT2D eigenvalue weighted by molar-refractivity contribution is 9.26. The van der Waals surface area contributed by atoms with Gasteiger partial charge in [0.05, 0.1) is 0 Å². The molecule has 0 aromatic rings. The third-order valence-electron chi connectivity index (χ3n) is 0.455. The Morgan fingerprint density at radius 2 is 2.00 bits per heavy atom. The summed E-state index contributed by atoms with van der Waals surface area (Å²) in [7, 11) is 0. The SMILES string of the molecule is O=[N+]([O-])C(Cl)C(Cl)(Br)Br. The van der Waals surface area contributed by atoms with Crippen LogP contribution in [0.15, 0.2) is 0 Å². The van der Waals surface area contributed by atoms with Crippen LogP contribution in [0.25, 0.3) is 0 Å². The number of alkyl halides is 4. The molecule has 0 aromatic heterocycles. The Morgan fingerprint density at radius 3 is 2.00 bits per heavy atom. The number of rotatable bonds is 2. The molecule has 0 saturated carbocycles. The molecular formula is C2HBr2Cl2NO2. The molecule has 3 nitrogen and oxygen atoms in total. The molecule has 0 spiro atoms. The molecule has 7 heteroatoms. The Kier molecular flexibility index (Phi) is 3.72. The van der Waals surface area contributed by atoms with E-state index in [1.54, 1.807) is 0 Å². The zero-order valence-electron chi connectivity index (χ0n) is 3.85. The van der Waals surface area contributed by atoms with Crippen LogP contribution in [-0.4, -0.2) is 13.1 Å². The molecule has 54 valence electrons. The van der Waals surface area contributed by atoms with Crippen LogP contribution >= 0.6 is 55.1 Å². The van der Waals surface area contributed by atoms with Crippen molar-refractivity contribution in [2.24, 2.45) is 0 Å². The van der Waals surface area contributed by atoms with Gasteiger partial charge in [0, 0.05) is 4.92 Å². The van der Waals surface area contributed by atoms with Crippen molar-refractivity contribution in [1.29, 1.82) is 0 Å². The number of hydrogen-bond donors (Lipinski definition) is 0. The summed E-state index contributed by atoms with van der Waals surface area (Å²) in [6.07, 6.45) is 0. The van der Waals surface area contributed by atoms with Gasteiger partial charge in [-0.2, -0.15) is 0 Å². The van der Waals surface area contributed by atoms with Crippen LogP contribution in [0.5, 0.6) is 0 Å². The van der Waals surface area contributed by atoms with E-state index >= 15 is 0 Å².